The van der Waals surface area contributed by atoms with E-state index in [1.807, 2.05) is 12.1 Å². The zero-order chi connectivity index (χ0) is 16.2. The summed E-state index contributed by atoms with van der Waals surface area (Å²) in [5.41, 5.74) is 3.25. The number of carbonyl (C=O) groups is 1. The van der Waals surface area contributed by atoms with Crippen LogP contribution in [0.1, 0.15) is 55.0 Å². The number of aromatic nitrogens is 3. The molecule has 1 aliphatic rings. The molecule has 0 aliphatic heterocycles. The number of aliphatic hydroxyl groups is 1. The average molecular weight is 315 g/mol. The summed E-state index contributed by atoms with van der Waals surface area (Å²) in [6.45, 7) is -0.108. The average Bonchev–Trinajstić information content (AvgIpc) is 3.00. The summed E-state index contributed by atoms with van der Waals surface area (Å²) in [5, 5.41) is 26.8. The van der Waals surface area contributed by atoms with Crippen LogP contribution in [0.3, 0.4) is 0 Å². The zero-order valence-corrected chi connectivity index (χ0v) is 13.0. The second-order valence-corrected chi connectivity index (χ2v) is 6.06. The number of aliphatic carboxylic acids is 1. The minimum atomic E-state index is -0.844. The Balaban J connectivity index is 1.92. The first-order valence-corrected chi connectivity index (χ1v) is 8.05. The van der Waals surface area contributed by atoms with Crippen LogP contribution in [0.25, 0.3) is 5.69 Å². The van der Waals surface area contributed by atoms with Crippen LogP contribution < -0.4 is 0 Å². The first kappa shape index (κ1) is 15.7. The molecular formula is C17H21N3O3. The Morgan fingerprint density at radius 2 is 1.87 bits per heavy atom. The molecule has 1 fully saturated rings. The van der Waals surface area contributed by atoms with E-state index < -0.39 is 5.97 Å². The molecule has 0 atom stereocenters. The molecule has 3 rings (SSSR count). The summed E-state index contributed by atoms with van der Waals surface area (Å²) in [6.07, 6.45) is 5.84. The number of carboxylic acids is 1. The van der Waals surface area contributed by atoms with Gasteiger partial charge in [-0.1, -0.05) is 36.6 Å². The Labute approximate surface area is 134 Å². The highest BCUT2D eigenvalue weighted by atomic mass is 16.4. The second-order valence-electron chi connectivity index (χ2n) is 6.06. The maximum Gasteiger partial charge on any atom is 0.307 e. The summed E-state index contributed by atoms with van der Waals surface area (Å²) in [6, 6.07) is 7.32. The number of nitrogens with zero attached hydrogens (tertiary/aromatic N) is 3. The van der Waals surface area contributed by atoms with Gasteiger partial charge in [0.1, 0.15) is 5.69 Å². The lowest BCUT2D eigenvalue weighted by Gasteiger charge is -2.23. The van der Waals surface area contributed by atoms with Crippen LogP contribution in [-0.4, -0.2) is 31.2 Å². The fourth-order valence-electron chi connectivity index (χ4n) is 3.34. The molecule has 0 spiro atoms. The molecule has 2 aromatic rings. The second kappa shape index (κ2) is 6.91. The van der Waals surface area contributed by atoms with Crippen LogP contribution in [-0.2, 0) is 17.8 Å². The van der Waals surface area contributed by atoms with E-state index in [0.717, 1.165) is 29.8 Å². The van der Waals surface area contributed by atoms with Crippen molar-refractivity contribution in [2.45, 2.75) is 51.0 Å². The third-order valence-corrected chi connectivity index (χ3v) is 4.46. The molecule has 1 saturated carbocycles. The van der Waals surface area contributed by atoms with E-state index >= 15 is 0 Å². The van der Waals surface area contributed by atoms with Crippen LogP contribution in [0.5, 0.6) is 0 Å². The van der Waals surface area contributed by atoms with Crippen LogP contribution in [0.15, 0.2) is 24.3 Å². The van der Waals surface area contributed by atoms with Gasteiger partial charge in [-0.3, -0.25) is 4.79 Å². The lowest BCUT2D eigenvalue weighted by atomic mass is 9.86. The molecule has 1 aromatic carbocycles. The molecule has 0 radical (unpaired) electrons. The number of benzene rings is 1. The Morgan fingerprint density at radius 1 is 1.17 bits per heavy atom. The fraction of sp³-hybridized carbons (Fsp3) is 0.471. The van der Waals surface area contributed by atoms with Crippen molar-refractivity contribution in [3.63, 3.8) is 0 Å². The molecule has 0 amide bonds. The van der Waals surface area contributed by atoms with Crippen molar-refractivity contribution < 1.29 is 15.0 Å². The summed E-state index contributed by atoms with van der Waals surface area (Å²) in [5.74, 6) is -0.469. The van der Waals surface area contributed by atoms with Gasteiger partial charge in [0.15, 0.2) is 0 Å². The van der Waals surface area contributed by atoms with Crippen LogP contribution >= 0.6 is 0 Å². The monoisotopic (exact) mass is 315 g/mol. The molecule has 122 valence electrons. The smallest absolute Gasteiger partial charge is 0.307 e. The Morgan fingerprint density at radius 3 is 2.48 bits per heavy atom. The van der Waals surface area contributed by atoms with Crippen molar-refractivity contribution in [1.82, 2.24) is 15.0 Å². The summed E-state index contributed by atoms with van der Waals surface area (Å²) >= 11 is 0. The summed E-state index contributed by atoms with van der Waals surface area (Å²) in [4.78, 5) is 10.8. The van der Waals surface area contributed by atoms with Crippen molar-refractivity contribution in [3.8, 4) is 5.69 Å². The minimum Gasteiger partial charge on any atom is -0.481 e. The van der Waals surface area contributed by atoms with Crippen molar-refractivity contribution in [3.05, 3.63) is 41.2 Å². The third kappa shape index (κ3) is 3.42. The van der Waals surface area contributed by atoms with E-state index in [1.54, 1.807) is 16.8 Å². The van der Waals surface area contributed by atoms with Gasteiger partial charge in [-0.05, 0) is 30.5 Å². The molecule has 1 aliphatic carbocycles. The molecule has 1 heterocycles. The highest BCUT2D eigenvalue weighted by Gasteiger charge is 2.24. The Kier molecular flexibility index (Phi) is 4.71. The van der Waals surface area contributed by atoms with Gasteiger partial charge in [0.05, 0.1) is 24.4 Å². The van der Waals surface area contributed by atoms with Gasteiger partial charge in [-0.2, -0.15) is 0 Å². The van der Waals surface area contributed by atoms with Gasteiger partial charge in [0.2, 0.25) is 0 Å². The van der Waals surface area contributed by atoms with Crippen LogP contribution in [0.4, 0.5) is 0 Å². The topological polar surface area (TPSA) is 88.2 Å². The van der Waals surface area contributed by atoms with E-state index in [1.165, 1.54) is 19.3 Å². The number of rotatable bonds is 5. The first-order chi connectivity index (χ1) is 11.2. The molecule has 0 bridgehead atoms. The van der Waals surface area contributed by atoms with Crippen molar-refractivity contribution in [2.24, 2.45) is 0 Å². The number of hydrogen-bond donors (Lipinski definition) is 2. The Bertz CT molecular complexity index is 673. The maximum atomic E-state index is 10.8. The van der Waals surface area contributed by atoms with Crippen LogP contribution in [0.2, 0.25) is 0 Å². The van der Waals surface area contributed by atoms with E-state index in [9.17, 15) is 9.90 Å². The van der Waals surface area contributed by atoms with Crippen LogP contribution in [0, 0.1) is 0 Å². The van der Waals surface area contributed by atoms with Gasteiger partial charge in [-0.25, -0.2) is 4.68 Å². The lowest BCUT2D eigenvalue weighted by Crippen LogP contribution is -2.13. The van der Waals surface area contributed by atoms with Gasteiger partial charge < -0.3 is 10.2 Å². The third-order valence-electron chi connectivity index (χ3n) is 4.46. The normalized spacial score (nSPS) is 15.7. The summed E-state index contributed by atoms with van der Waals surface area (Å²) in [7, 11) is 0. The fourth-order valence-corrected chi connectivity index (χ4v) is 3.34. The predicted molar refractivity (Wildman–Crippen MR) is 84.4 cm³/mol. The molecule has 0 saturated heterocycles. The SMILES string of the molecule is O=C(O)Cc1ccc(-n2nnc(CO)c2C2CCCCC2)cc1. The number of carboxylic acid groups (broad SMARTS) is 1. The van der Waals surface area contributed by atoms with Crippen molar-refractivity contribution in [1.29, 1.82) is 0 Å². The predicted octanol–water partition coefficient (Wildman–Crippen LogP) is 2.43. The molecule has 2 N–H and O–H groups in total. The molecule has 23 heavy (non-hydrogen) atoms. The largest absolute Gasteiger partial charge is 0.481 e. The zero-order valence-electron chi connectivity index (χ0n) is 13.0. The van der Waals surface area contributed by atoms with E-state index in [0.29, 0.717) is 11.6 Å². The van der Waals surface area contributed by atoms with Crippen molar-refractivity contribution in [2.75, 3.05) is 0 Å². The van der Waals surface area contributed by atoms with E-state index in [4.69, 9.17) is 5.11 Å². The van der Waals surface area contributed by atoms with E-state index in [-0.39, 0.29) is 13.0 Å². The quantitative estimate of drug-likeness (QED) is 0.884. The lowest BCUT2D eigenvalue weighted by molar-refractivity contribution is -0.136. The van der Waals surface area contributed by atoms with Gasteiger partial charge in [-0.15, -0.1) is 5.10 Å². The Hall–Kier alpha value is -2.21. The molecule has 6 nitrogen and oxygen atoms in total. The standard InChI is InChI=1S/C17H21N3O3/c21-11-15-17(13-4-2-1-3-5-13)20(19-18-15)14-8-6-12(7-9-14)10-16(22)23/h6-9,13,21H,1-5,10-11H2,(H,22,23). The van der Waals surface area contributed by atoms with Crippen molar-refractivity contribution >= 4 is 5.97 Å². The van der Waals surface area contributed by atoms with Gasteiger partial charge in [0.25, 0.3) is 0 Å². The highest BCUT2D eigenvalue weighted by Crippen LogP contribution is 2.34. The molecule has 1 aromatic heterocycles. The first-order valence-electron chi connectivity index (χ1n) is 8.05. The maximum absolute atomic E-state index is 10.8. The number of aliphatic hydroxyl groups excluding tert-OH is 1. The minimum absolute atomic E-state index is 0.00894. The van der Waals surface area contributed by atoms with Gasteiger partial charge in [0, 0.05) is 5.92 Å². The molecule has 0 unspecified atom stereocenters. The van der Waals surface area contributed by atoms with E-state index in [2.05, 4.69) is 10.3 Å². The molecular weight excluding hydrogens is 294 g/mol. The summed E-state index contributed by atoms with van der Waals surface area (Å²) < 4.78 is 1.80. The van der Waals surface area contributed by atoms with Gasteiger partial charge >= 0.3 is 5.97 Å². The molecule has 6 heteroatoms. The highest BCUT2D eigenvalue weighted by molar-refractivity contribution is 5.70. The number of hydrogen-bond acceptors (Lipinski definition) is 4.